The lowest BCUT2D eigenvalue weighted by molar-refractivity contribution is -0.182. The van der Waals surface area contributed by atoms with Crippen LogP contribution in [0, 0.1) is 5.92 Å². The third-order valence-corrected chi connectivity index (χ3v) is 2.98. The van der Waals surface area contributed by atoms with Crippen molar-refractivity contribution in [3.8, 4) is 0 Å². The number of hydrogen-bond donors (Lipinski definition) is 1. The van der Waals surface area contributed by atoms with Gasteiger partial charge in [0.05, 0.1) is 12.5 Å². The Morgan fingerprint density at radius 1 is 1.39 bits per heavy atom. The molecular formula is C10H15F3N4O. The molecule has 0 saturated heterocycles. The van der Waals surface area contributed by atoms with Gasteiger partial charge in [-0.2, -0.15) is 13.2 Å². The van der Waals surface area contributed by atoms with E-state index >= 15 is 0 Å². The molecule has 0 saturated carbocycles. The van der Waals surface area contributed by atoms with Gasteiger partial charge in [-0.05, 0) is 6.42 Å². The second kappa shape index (κ2) is 5.23. The monoisotopic (exact) mass is 264 g/mol. The van der Waals surface area contributed by atoms with Crippen molar-refractivity contribution in [2.75, 3.05) is 13.2 Å². The van der Waals surface area contributed by atoms with Crippen molar-refractivity contribution in [2.24, 2.45) is 11.7 Å². The van der Waals surface area contributed by atoms with Crippen molar-refractivity contribution >= 4 is 0 Å². The number of alkyl halides is 3. The van der Waals surface area contributed by atoms with Gasteiger partial charge in [0.15, 0.2) is 5.82 Å². The number of aromatic nitrogens is 3. The number of halogens is 3. The molecule has 0 aliphatic carbocycles. The first-order valence-electron chi connectivity index (χ1n) is 5.78. The van der Waals surface area contributed by atoms with Crippen molar-refractivity contribution in [1.82, 2.24) is 14.8 Å². The molecule has 18 heavy (non-hydrogen) atoms. The van der Waals surface area contributed by atoms with Crippen LogP contribution in [0.2, 0.25) is 0 Å². The lowest BCUT2D eigenvalue weighted by Crippen LogP contribution is -2.32. The molecule has 2 heterocycles. The minimum absolute atomic E-state index is 0.0747. The third kappa shape index (κ3) is 2.81. The topological polar surface area (TPSA) is 66.0 Å². The summed E-state index contributed by atoms with van der Waals surface area (Å²) < 4.78 is 44.7. The standard InChI is InChI=1S/C10H15F3N4O/c11-10(12,13)7-1-2-8-15-16-9(17(8)5-7)6-18-4-3-14/h7H,1-6,14H2. The second-order valence-corrected chi connectivity index (χ2v) is 4.26. The second-order valence-electron chi connectivity index (χ2n) is 4.26. The number of nitrogens with zero attached hydrogens (tertiary/aromatic N) is 3. The highest BCUT2D eigenvalue weighted by Crippen LogP contribution is 2.34. The average Bonchev–Trinajstić information content (AvgIpc) is 2.71. The molecule has 0 spiro atoms. The zero-order chi connectivity index (χ0) is 13.2. The number of hydrogen-bond acceptors (Lipinski definition) is 4. The van der Waals surface area contributed by atoms with Gasteiger partial charge >= 0.3 is 6.18 Å². The highest BCUT2D eigenvalue weighted by Gasteiger charge is 2.42. The van der Waals surface area contributed by atoms with Crippen LogP contribution in [0.1, 0.15) is 18.1 Å². The van der Waals surface area contributed by atoms with Crippen molar-refractivity contribution in [2.45, 2.75) is 32.2 Å². The number of ether oxygens (including phenoxy) is 1. The van der Waals surface area contributed by atoms with Crippen LogP contribution in [-0.2, 0) is 24.3 Å². The van der Waals surface area contributed by atoms with E-state index in [1.165, 1.54) is 4.57 Å². The molecule has 8 heteroatoms. The van der Waals surface area contributed by atoms with Gasteiger partial charge in [0, 0.05) is 19.5 Å². The minimum atomic E-state index is -4.17. The summed E-state index contributed by atoms with van der Waals surface area (Å²) in [5.74, 6) is -0.288. The third-order valence-electron chi connectivity index (χ3n) is 2.98. The molecule has 0 radical (unpaired) electrons. The Morgan fingerprint density at radius 3 is 2.83 bits per heavy atom. The van der Waals surface area contributed by atoms with Crippen LogP contribution in [0.25, 0.3) is 0 Å². The van der Waals surface area contributed by atoms with Crippen molar-refractivity contribution in [3.63, 3.8) is 0 Å². The van der Waals surface area contributed by atoms with Gasteiger partial charge in [0.2, 0.25) is 0 Å². The van der Waals surface area contributed by atoms with Crippen LogP contribution < -0.4 is 5.73 Å². The molecule has 5 nitrogen and oxygen atoms in total. The van der Waals surface area contributed by atoms with E-state index in [-0.39, 0.29) is 19.6 Å². The maximum absolute atomic E-state index is 12.7. The molecule has 1 aromatic heterocycles. The van der Waals surface area contributed by atoms with E-state index in [0.29, 0.717) is 31.2 Å². The number of rotatable bonds is 4. The molecule has 1 aliphatic rings. The van der Waals surface area contributed by atoms with Gasteiger partial charge < -0.3 is 15.0 Å². The summed E-state index contributed by atoms with van der Waals surface area (Å²) in [4.78, 5) is 0. The SMILES string of the molecule is NCCOCc1nnc2n1CC(C(F)(F)F)CC2. The quantitative estimate of drug-likeness (QED) is 0.820. The van der Waals surface area contributed by atoms with Crippen molar-refractivity contribution < 1.29 is 17.9 Å². The number of aryl methyl sites for hydroxylation is 1. The maximum atomic E-state index is 12.7. The molecule has 0 fully saturated rings. The number of fused-ring (bicyclic) bond motifs is 1. The minimum Gasteiger partial charge on any atom is -0.372 e. The van der Waals surface area contributed by atoms with E-state index in [9.17, 15) is 13.2 Å². The van der Waals surface area contributed by atoms with E-state index < -0.39 is 12.1 Å². The Kier molecular flexibility index (Phi) is 3.86. The smallest absolute Gasteiger partial charge is 0.372 e. The summed E-state index contributed by atoms with van der Waals surface area (Å²) in [6, 6.07) is 0. The molecule has 1 aliphatic heterocycles. The zero-order valence-electron chi connectivity index (χ0n) is 9.78. The van der Waals surface area contributed by atoms with Crippen LogP contribution in [0.3, 0.4) is 0 Å². The molecule has 102 valence electrons. The van der Waals surface area contributed by atoms with Crippen LogP contribution in [0.4, 0.5) is 13.2 Å². The molecule has 0 amide bonds. The van der Waals surface area contributed by atoms with Crippen LogP contribution >= 0.6 is 0 Å². The molecule has 0 bridgehead atoms. The summed E-state index contributed by atoms with van der Waals surface area (Å²) >= 11 is 0. The van der Waals surface area contributed by atoms with Crippen molar-refractivity contribution in [3.05, 3.63) is 11.6 Å². The van der Waals surface area contributed by atoms with Gasteiger partial charge in [-0.15, -0.1) is 10.2 Å². The fourth-order valence-corrected chi connectivity index (χ4v) is 2.00. The first-order valence-corrected chi connectivity index (χ1v) is 5.78. The predicted molar refractivity (Wildman–Crippen MR) is 56.6 cm³/mol. The Bertz CT molecular complexity index is 404. The zero-order valence-corrected chi connectivity index (χ0v) is 9.78. The van der Waals surface area contributed by atoms with Crippen LogP contribution in [-0.4, -0.2) is 34.1 Å². The van der Waals surface area contributed by atoms with Crippen molar-refractivity contribution in [1.29, 1.82) is 0 Å². The fraction of sp³-hybridized carbons (Fsp3) is 0.800. The van der Waals surface area contributed by atoms with Crippen LogP contribution in [0.5, 0.6) is 0 Å². The fourth-order valence-electron chi connectivity index (χ4n) is 2.00. The van der Waals surface area contributed by atoms with E-state index in [4.69, 9.17) is 10.5 Å². The molecule has 1 aromatic rings. The molecule has 2 rings (SSSR count). The van der Waals surface area contributed by atoms with E-state index in [1.807, 2.05) is 0 Å². The Balaban J connectivity index is 2.07. The average molecular weight is 264 g/mol. The lowest BCUT2D eigenvalue weighted by Gasteiger charge is -2.26. The lowest BCUT2D eigenvalue weighted by atomic mass is 9.99. The normalized spacial score (nSPS) is 19.9. The highest BCUT2D eigenvalue weighted by atomic mass is 19.4. The first kappa shape index (κ1) is 13.3. The van der Waals surface area contributed by atoms with E-state index in [0.717, 1.165) is 0 Å². The molecule has 2 N–H and O–H groups in total. The van der Waals surface area contributed by atoms with Gasteiger partial charge in [-0.1, -0.05) is 0 Å². The highest BCUT2D eigenvalue weighted by molar-refractivity contribution is 5.00. The van der Waals surface area contributed by atoms with E-state index in [2.05, 4.69) is 10.2 Å². The van der Waals surface area contributed by atoms with Gasteiger partial charge in [0.25, 0.3) is 0 Å². The largest absolute Gasteiger partial charge is 0.393 e. The molecular weight excluding hydrogens is 249 g/mol. The van der Waals surface area contributed by atoms with E-state index in [1.54, 1.807) is 0 Å². The summed E-state index contributed by atoms with van der Waals surface area (Å²) in [5, 5.41) is 7.75. The van der Waals surface area contributed by atoms with Gasteiger partial charge in [0.1, 0.15) is 12.4 Å². The first-order chi connectivity index (χ1) is 8.52. The maximum Gasteiger partial charge on any atom is 0.393 e. The Morgan fingerprint density at radius 2 is 2.17 bits per heavy atom. The Hall–Kier alpha value is -1.15. The Labute approximate surface area is 102 Å². The summed E-state index contributed by atoms with van der Waals surface area (Å²) in [6.45, 7) is 0.749. The molecule has 0 aromatic carbocycles. The predicted octanol–water partition coefficient (Wildman–Crippen LogP) is 0.878. The summed E-state index contributed by atoms with van der Waals surface area (Å²) in [6.07, 6.45) is -3.79. The van der Waals surface area contributed by atoms with Gasteiger partial charge in [-0.3, -0.25) is 0 Å². The van der Waals surface area contributed by atoms with Gasteiger partial charge in [-0.25, -0.2) is 0 Å². The number of nitrogens with two attached hydrogens (primary N) is 1. The summed E-state index contributed by atoms with van der Waals surface area (Å²) in [5.41, 5.74) is 5.27. The van der Waals surface area contributed by atoms with Crippen LogP contribution in [0.15, 0.2) is 0 Å². The molecule has 1 atom stereocenters. The molecule has 1 unspecified atom stereocenters. The summed E-state index contributed by atoms with van der Waals surface area (Å²) in [7, 11) is 0.